The molecule has 0 unspecified atom stereocenters. The van der Waals surface area contributed by atoms with Gasteiger partial charge >= 0.3 is 0 Å². The lowest BCUT2D eigenvalue weighted by Gasteiger charge is -2.22. The lowest BCUT2D eigenvalue weighted by molar-refractivity contribution is 0.594. The van der Waals surface area contributed by atoms with Gasteiger partial charge in [0, 0.05) is 11.5 Å². The van der Waals surface area contributed by atoms with Crippen LogP contribution in [0.1, 0.15) is 11.1 Å². The molecule has 0 amide bonds. The van der Waals surface area contributed by atoms with Gasteiger partial charge in [0.15, 0.2) is 0 Å². The number of rotatable bonds is 3. The molecular formula is C15H16BrNO2S. The maximum atomic E-state index is 12.7. The lowest BCUT2D eigenvalue weighted by Crippen LogP contribution is -2.27. The Kier molecular flexibility index (Phi) is 4.20. The van der Waals surface area contributed by atoms with Gasteiger partial charge in [0.1, 0.15) is 0 Å². The fourth-order valence-corrected chi connectivity index (χ4v) is 3.82. The Morgan fingerprint density at radius 2 is 1.75 bits per heavy atom. The smallest absolute Gasteiger partial charge is 0.264 e. The largest absolute Gasteiger partial charge is 0.269 e. The van der Waals surface area contributed by atoms with Crippen molar-refractivity contribution in [3.05, 3.63) is 58.1 Å². The van der Waals surface area contributed by atoms with Gasteiger partial charge in [0.25, 0.3) is 10.0 Å². The quantitative estimate of drug-likeness (QED) is 0.839. The standard InChI is InChI=1S/C15H16BrNO2S/c1-11-7-8-12(2)15(9-11)17(3)20(18,19)14-6-4-5-13(16)10-14/h4-10H,1-3H3. The summed E-state index contributed by atoms with van der Waals surface area (Å²) >= 11 is 3.30. The maximum absolute atomic E-state index is 12.7. The highest BCUT2D eigenvalue weighted by atomic mass is 79.9. The molecule has 0 saturated heterocycles. The molecule has 5 heteroatoms. The highest BCUT2D eigenvalue weighted by molar-refractivity contribution is 9.10. The third-order valence-corrected chi connectivity index (χ3v) is 5.42. The van der Waals surface area contributed by atoms with Crippen molar-refractivity contribution in [2.75, 3.05) is 11.4 Å². The Labute approximate surface area is 128 Å². The highest BCUT2D eigenvalue weighted by Gasteiger charge is 2.22. The SMILES string of the molecule is Cc1ccc(C)c(N(C)S(=O)(=O)c2cccc(Br)c2)c1. The van der Waals surface area contributed by atoms with E-state index in [-0.39, 0.29) is 4.90 Å². The van der Waals surface area contributed by atoms with Crippen LogP contribution in [-0.4, -0.2) is 15.5 Å². The average Bonchev–Trinajstić information content (AvgIpc) is 2.40. The number of anilines is 1. The Balaban J connectivity index is 2.51. The predicted molar refractivity (Wildman–Crippen MR) is 85.6 cm³/mol. The van der Waals surface area contributed by atoms with Gasteiger partial charge in [-0.05, 0) is 49.2 Å². The summed E-state index contributed by atoms with van der Waals surface area (Å²) in [6.45, 7) is 3.85. The minimum absolute atomic E-state index is 0.273. The summed E-state index contributed by atoms with van der Waals surface area (Å²) in [4.78, 5) is 0.273. The number of benzene rings is 2. The van der Waals surface area contributed by atoms with Crippen LogP contribution in [0.5, 0.6) is 0 Å². The second kappa shape index (κ2) is 5.58. The van der Waals surface area contributed by atoms with Crippen LogP contribution < -0.4 is 4.31 Å². The van der Waals surface area contributed by atoms with Crippen molar-refractivity contribution in [3.63, 3.8) is 0 Å². The summed E-state index contributed by atoms with van der Waals surface area (Å²) in [6, 6.07) is 12.5. The predicted octanol–water partition coefficient (Wildman–Crippen LogP) is 3.89. The van der Waals surface area contributed by atoms with E-state index in [1.54, 1.807) is 31.3 Å². The summed E-state index contributed by atoms with van der Waals surface area (Å²) in [5.41, 5.74) is 2.66. The first-order chi connectivity index (χ1) is 9.32. The number of nitrogens with zero attached hydrogens (tertiary/aromatic N) is 1. The molecule has 3 nitrogen and oxygen atoms in total. The van der Waals surface area contributed by atoms with Crippen LogP contribution in [0.25, 0.3) is 0 Å². The molecule has 2 rings (SSSR count). The van der Waals surface area contributed by atoms with E-state index < -0.39 is 10.0 Å². The number of sulfonamides is 1. The Morgan fingerprint density at radius 1 is 1.05 bits per heavy atom. The van der Waals surface area contributed by atoms with E-state index in [4.69, 9.17) is 0 Å². The zero-order valence-electron chi connectivity index (χ0n) is 11.6. The van der Waals surface area contributed by atoms with E-state index in [0.29, 0.717) is 5.69 Å². The van der Waals surface area contributed by atoms with Crippen LogP contribution >= 0.6 is 15.9 Å². The molecule has 0 aliphatic heterocycles. The second-order valence-corrected chi connectivity index (χ2v) is 7.60. The zero-order chi connectivity index (χ0) is 14.9. The molecule has 0 aliphatic rings. The monoisotopic (exact) mass is 353 g/mol. The minimum Gasteiger partial charge on any atom is -0.269 e. The normalized spacial score (nSPS) is 11.4. The van der Waals surface area contributed by atoms with Crippen LogP contribution in [0, 0.1) is 13.8 Å². The first kappa shape index (κ1) is 15.1. The van der Waals surface area contributed by atoms with Gasteiger partial charge in [-0.25, -0.2) is 8.42 Å². The molecule has 2 aromatic carbocycles. The van der Waals surface area contributed by atoms with Gasteiger partial charge < -0.3 is 0 Å². The number of hydrogen-bond donors (Lipinski definition) is 0. The molecule has 0 atom stereocenters. The molecule has 0 saturated carbocycles. The van der Waals surface area contributed by atoms with Gasteiger partial charge in [-0.15, -0.1) is 0 Å². The van der Waals surface area contributed by atoms with E-state index >= 15 is 0 Å². The van der Waals surface area contributed by atoms with Gasteiger partial charge in [-0.3, -0.25) is 4.31 Å². The molecule has 0 bridgehead atoms. The topological polar surface area (TPSA) is 37.4 Å². The molecule has 0 aliphatic carbocycles. The number of aryl methyl sites for hydroxylation is 2. The maximum Gasteiger partial charge on any atom is 0.264 e. The fourth-order valence-electron chi connectivity index (χ4n) is 1.97. The van der Waals surface area contributed by atoms with Gasteiger partial charge in [-0.1, -0.05) is 34.1 Å². The molecule has 0 fully saturated rings. The summed E-state index contributed by atoms with van der Waals surface area (Å²) in [7, 11) is -1.97. The third-order valence-electron chi connectivity index (χ3n) is 3.16. The van der Waals surface area contributed by atoms with Crippen molar-refractivity contribution in [3.8, 4) is 0 Å². The van der Waals surface area contributed by atoms with Gasteiger partial charge in [-0.2, -0.15) is 0 Å². The molecule has 0 radical (unpaired) electrons. The summed E-state index contributed by atoms with van der Waals surface area (Å²) in [6.07, 6.45) is 0. The van der Waals surface area contributed by atoms with Crippen molar-refractivity contribution in [2.24, 2.45) is 0 Å². The Bertz CT molecular complexity index is 741. The summed E-state index contributed by atoms with van der Waals surface area (Å²) in [5, 5.41) is 0. The first-order valence-electron chi connectivity index (χ1n) is 6.14. The van der Waals surface area contributed by atoms with E-state index in [0.717, 1.165) is 15.6 Å². The number of hydrogen-bond acceptors (Lipinski definition) is 2. The molecule has 0 N–H and O–H groups in total. The zero-order valence-corrected chi connectivity index (χ0v) is 14.0. The van der Waals surface area contributed by atoms with E-state index in [1.165, 1.54) is 4.31 Å². The Morgan fingerprint density at radius 3 is 2.40 bits per heavy atom. The molecule has 2 aromatic rings. The number of halogens is 1. The van der Waals surface area contributed by atoms with E-state index in [9.17, 15) is 8.42 Å². The van der Waals surface area contributed by atoms with Crippen LogP contribution in [0.2, 0.25) is 0 Å². The molecule has 20 heavy (non-hydrogen) atoms. The summed E-state index contributed by atoms with van der Waals surface area (Å²) < 4.78 is 27.4. The van der Waals surface area contributed by atoms with Crippen LogP contribution in [-0.2, 0) is 10.0 Å². The average molecular weight is 354 g/mol. The van der Waals surface area contributed by atoms with Crippen molar-refractivity contribution in [1.82, 2.24) is 0 Å². The molecule has 0 heterocycles. The molecule has 0 spiro atoms. The van der Waals surface area contributed by atoms with Crippen LogP contribution in [0.15, 0.2) is 51.8 Å². The summed E-state index contributed by atoms with van der Waals surface area (Å²) in [5.74, 6) is 0. The molecular weight excluding hydrogens is 338 g/mol. The van der Waals surface area contributed by atoms with Crippen molar-refractivity contribution in [1.29, 1.82) is 0 Å². The van der Waals surface area contributed by atoms with Crippen molar-refractivity contribution < 1.29 is 8.42 Å². The minimum atomic E-state index is -3.55. The van der Waals surface area contributed by atoms with E-state index in [1.807, 2.05) is 32.0 Å². The molecule has 106 valence electrons. The van der Waals surface area contributed by atoms with Crippen molar-refractivity contribution >= 4 is 31.6 Å². The highest BCUT2D eigenvalue weighted by Crippen LogP contribution is 2.27. The van der Waals surface area contributed by atoms with Gasteiger partial charge in [0.2, 0.25) is 0 Å². The fraction of sp³-hybridized carbons (Fsp3) is 0.200. The first-order valence-corrected chi connectivity index (χ1v) is 8.37. The van der Waals surface area contributed by atoms with Gasteiger partial charge in [0.05, 0.1) is 10.6 Å². The molecule has 0 aromatic heterocycles. The van der Waals surface area contributed by atoms with E-state index in [2.05, 4.69) is 15.9 Å². The van der Waals surface area contributed by atoms with Crippen LogP contribution in [0.4, 0.5) is 5.69 Å². The second-order valence-electron chi connectivity index (χ2n) is 4.72. The lowest BCUT2D eigenvalue weighted by atomic mass is 10.1. The van der Waals surface area contributed by atoms with Crippen LogP contribution in [0.3, 0.4) is 0 Å². The Hall–Kier alpha value is -1.33. The third kappa shape index (κ3) is 2.88. The van der Waals surface area contributed by atoms with Crippen molar-refractivity contribution in [2.45, 2.75) is 18.7 Å².